The molecule has 0 saturated heterocycles. The molecule has 0 aliphatic heterocycles. The van der Waals surface area contributed by atoms with Crippen molar-refractivity contribution in [2.24, 2.45) is 23.2 Å². The fraction of sp³-hybridized carbons (Fsp3) is 0.786. The Morgan fingerprint density at radius 2 is 1.88 bits per heavy atom. The summed E-state index contributed by atoms with van der Waals surface area (Å²) in [5.74, 6) is 1.42. The number of hydrogen-bond donors (Lipinski definition) is 1. The van der Waals surface area contributed by atoms with E-state index < -0.39 is 5.60 Å². The van der Waals surface area contributed by atoms with Crippen molar-refractivity contribution in [1.82, 2.24) is 0 Å². The van der Waals surface area contributed by atoms with Crippen LogP contribution in [0, 0.1) is 23.2 Å². The first-order valence-electron chi connectivity index (χ1n) is 6.39. The zero-order valence-corrected chi connectivity index (χ0v) is 9.91. The summed E-state index contributed by atoms with van der Waals surface area (Å²) in [4.78, 5) is 12.2. The van der Waals surface area contributed by atoms with Gasteiger partial charge in [0.25, 0.3) is 0 Å². The van der Waals surface area contributed by atoms with E-state index in [1.807, 2.05) is 0 Å². The molecule has 4 saturated carbocycles. The fourth-order valence-electron chi connectivity index (χ4n) is 4.99. The average Bonchev–Trinajstić information content (AvgIpc) is 2.23. The minimum absolute atomic E-state index is 0.110. The highest BCUT2D eigenvalue weighted by Gasteiger charge is 2.63. The van der Waals surface area contributed by atoms with Gasteiger partial charge >= 0.3 is 0 Å². The van der Waals surface area contributed by atoms with Crippen molar-refractivity contribution in [2.45, 2.75) is 44.6 Å². The minimum Gasteiger partial charge on any atom is -0.390 e. The summed E-state index contributed by atoms with van der Waals surface area (Å²) in [6, 6.07) is 0. The summed E-state index contributed by atoms with van der Waals surface area (Å²) in [5, 5.41) is 10.7. The van der Waals surface area contributed by atoms with Crippen LogP contribution in [-0.2, 0) is 4.79 Å². The van der Waals surface area contributed by atoms with E-state index in [-0.39, 0.29) is 17.1 Å². The number of ketones is 1. The Bertz CT molecular complexity index is 344. The van der Waals surface area contributed by atoms with Gasteiger partial charge in [0.1, 0.15) is 0 Å². The van der Waals surface area contributed by atoms with E-state index >= 15 is 0 Å². The highest BCUT2D eigenvalue weighted by atomic mass is 16.3. The molecule has 4 aliphatic carbocycles. The predicted octanol–water partition coefficient (Wildman–Crippen LogP) is 2.32. The fourth-order valence-corrected chi connectivity index (χ4v) is 4.99. The molecular formula is C14H20O2. The molecule has 3 unspecified atom stereocenters. The minimum atomic E-state index is -0.567. The van der Waals surface area contributed by atoms with Gasteiger partial charge in [0.2, 0.25) is 0 Å². The molecule has 1 N–H and O–H groups in total. The van der Waals surface area contributed by atoms with Gasteiger partial charge in [0.15, 0.2) is 5.78 Å². The number of carbonyl (C=O) groups excluding carboxylic acids is 1. The number of carbonyl (C=O) groups is 1. The molecule has 4 bridgehead atoms. The van der Waals surface area contributed by atoms with Gasteiger partial charge in [-0.3, -0.25) is 4.79 Å². The van der Waals surface area contributed by atoms with Crippen LogP contribution in [0.3, 0.4) is 0 Å². The van der Waals surface area contributed by atoms with Gasteiger partial charge in [-0.25, -0.2) is 0 Å². The zero-order valence-electron chi connectivity index (χ0n) is 9.91. The maximum atomic E-state index is 12.2. The van der Waals surface area contributed by atoms with E-state index in [9.17, 15) is 9.90 Å². The molecule has 2 nitrogen and oxygen atoms in total. The van der Waals surface area contributed by atoms with Crippen molar-refractivity contribution in [3.8, 4) is 0 Å². The summed E-state index contributed by atoms with van der Waals surface area (Å²) < 4.78 is 0. The van der Waals surface area contributed by atoms with E-state index in [4.69, 9.17) is 0 Å². The third-order valence-electron chi connectivity index (χ3n) is 5.57. The van der Waals surface area contributed by atoms with Crippen LogP contribution in [0.1, 0.15) is 39.0 Å². The first kappa shape index (κ1) is 10.5. The number of hydrogen-bond acceptors (Lipinski definition) is 2. The van der Waals surface area contributed by atoms with Gasteiger partial charge < -0.3 is 5.11 Å². The molecule has 16 heavy (non-hydrogen) atoms. The Hall–Kier alpha value is -0.630. The topological polar surface area (TPSA) is 37.3 Å². The maximum absolute atomic E-state index is 12.2. The van der Waals surface area contributed by atoms with Crippen LogP contribution >= 0.6 is 0 Å². The SMILES string of the molecule is C=CC(=O)C12CC3CC(CC(O)(C3)C1C)C2. The molecule has 4 rings (SSSR count). The Morgan fingerprint density at radius 1 is 1.31 bits per heavy atom. The number of allylic oxidation sites excluding steroid dienone is 1. The molecule has 4 fully saturated rings. The molecule has 4 aliphatic rings. The van der Waals surface area contributed by atoms with Crippen LogP contribution in [0.15, 0.2) is 12.7 Å². The third kappa shape index (κ3) is 1.09. The summed E-state index contributed by atoms with van der Waals surface area (Å²) in [6.07, 6.45) is 6.50. The van der Waals surface area contributed by atoms with Crippen molar-refractivity contribution >= 4 is 5.78 Å². The average molecular weight is 220 g/mol. The molecule has 88 valence electrons. The second kappa shape index (κ2) is 2.98. The molecule has 0 spiro atoms. The maximum Gasteiger partial charge on any atom is 0.161 e. The van der Waals surface area contributed by atoms with Crippen LogP contribution in [-0.4, -0.2) is 16.5 Å². The van der Waals surface area contributed by atoms with Crippen molar-refractivity contribution < 1.29 is 9.90 Å². The quantitative estimate of drug-likeness (QED) is 0.725. The first-order chi connectivity index (χ1) is 7.50. The van der Waals surface area contributed by atoms with Crippen LogP contribution in [0.4, 0.5) is 0 Å². The zero-order chi connectivity index (χ0) is 11.6. The Morgan fingerprint density at radius 3 is 2.38 bits per heavy atom. The molecule has 0 heterocycles. The van der Waals surface area contributed by atoms with Crippen LogP contribution in [0.2, 0.25) is 0 Å². The second-order valence-corrected chi connectivity index (χ2v) is 6.33. The third-order valence-corrected chi connectivity index (χ3v) is 5.57. The van der Waals surface area contributed by atoms with Crippen LogP contribution in [0.25, 0.3) is 0 Å². The van der Waals surface area contributed by atoms with E-state index in [0.717, 1.165) is 25.7 Å². The molecule has 0 radical (unpaired) electrons. The molecular weight excluding hydrogens is 200 g/mol. The highest BCUT2D eigenvalue weighted by molar-refractivity contribution is 5.95. The lowest BCUT2D eigenvalue weighted by Crippen LogP contribution is -2.63. The van der Waals surface area contributed by atoms with E-state index in [0.29, 0.717) is 11.8 Å². The van der Waals surface area contributed by atoms with Crippen LogP contribution in [0.5, 0.6) is 0 Å². The lowest BCUT2D eigenvalue weighted by molar-refractivity contribution is -0.205. The Kier molecular flexibility index (Phi) is 1.96. The summed E-state index contributed by atoms with van der Waals surface area (Å²) in [7, 11) is 0. The standard InChI is InChI=1S/C14H20O2/c1-3-12(15)13-5-10-4-11(6-13)8-14(16,7-10)9(13)2/h3,9-11,16H,1,4-8H2,2H3. The molecule has 0 aromatic carbocycles. The van der Waals surface area contributed by atoms with E-state index in [1.54, 1.807) is 0 Å². The van der Waals surface area contributed by atoms with Gasteiger partial charge in [-0.15, -0.1) is 0 Å². The number of aliphatic hydroxyl groups is 1. The van der Waals surface area contributed by atoms with Gasteiger partial charge in [-0.2, -0.15) is 0 Å². The molecule has 3 atom stereocenters. The largest absolute Gasteiger partial charge is 0.390 e. The van der Waals surface area contributed by atoms with E-state index in [1.165, 1.54) is 12.5 Å². The lowest BCUT2D eigenvalue weighted by atomic mass is 9.43. The van der Waals surface area contributed by atoms with Crippen molar-refractivity contribution in [3.63, 3.8) is 0 Å². The van der Waals surface area contributed by atoms with Gasteiger partial charge in [0, 0.05) is 5.41 Å². The van der Waals surface area contributed by atoms with Crippen LogP contribution < -0.4 is 0 Å². The predicted molar refractivity (Wildman–Crippen MR) is 61.8 cm³/mol. The number of rotatable bonds is 2. The Labute approximate surface area is 96.7 Å². The molecule has 0 aromatic heterocycles. The second-order valence-electron chi connectivity index (χ2n) is 6.33. The normalized spacial score (nSPS) is 54.0. The monoisotopic (exact) mass is 220 g/mol. The Balaban J connectivity index is 2.06. The van der Waals surface area contributed by atoms with Crippen molar-refractivity contribution in [3.05, 3.63) is 12.7 Å². The first-order valence-corrected chi connectivity index (χ1v) is 6.39. The summed E-state index contributed by atoms with van der Waals surface area (Å²) in [5.41, 5.74) is -0.844. The van der Waals surface area contributed by atoms with Crippen molar-refractivity contribution in [1.29, 1.82) is 0 Å². The molecule has 0 amide bonds. The molecule has 0 aromatic rings. The van der Waals surface area contributed by atoms with Gasteiger partial charge in [-0.1, -0.05) is 13.5 Å². The smallest absolute Gasteiger partial charge is 0.161 e. The van der Waals surface area contributed by atoms with Gasteiger partial charge in [0.05, 0.1) is 5.60 Å². The lowest BCUT2D eigenvalue weighted by Gasteiger charge is -2.63. The van der Waals surface area contributed by atoms with Crippen molar-refractivity contribution in [2.75, 3.05) is 0 Å². The summed E-state index contributed by atoms with van der Waals surface area (Å²) in [6.45, 7) is 5.71. The summed E-state index contributed by atoms with van der Waals surface area (Å²) >= 11 is 0. The van der Waals surface area contributed by atoms with E-state index in [2.05, 4.69) is 13.5 Å². The molecule has 2 heteroatoms. The van der Waals surface area contributed by atoms with Gasteiger partial charge in [-0.05, 0) is 55.9 Å². The highest BCUT2D eigenvalue weighted by Crippen LogP contribution is 2.64.